The Balaban J connectivity index is 1.46. The van der Waals surface area contributed by atoms with Crippen LogP contribution < -0.4 is 10.6 Å². The van der Waals surface area contributed by atoms with E-state index in [0.717, 1.165) is 29.1 Å². The molecule has 2 amide bonds. The normalized spacial score (nSPS) is 11.0. The number of nitrogens with one attached hydrogen (secondary N) is 2. The third-order valence-electron chi connectivity index (χ3n) is 4.71. The zero-order chi connectivity index (χ0) is 24.8. The van der Waals surface area contributed by atoms with E-state index in [4.69, 9.17) is 9.26 Å². The molecule has 0 radical (unpaired) electrons. The Hall–Kier alpha value is -4.28. The molecule has 3 aromatic rings. The first-order chi connectivity index (χ1) is 16.1. The van der Waals surface area contributed by atoms with Crippen LogP contribution in [0.5, 0.6) is 0 Å². The highest BCUT2D eigenvalue weighted by Crippen LogP contribution is 2.21. The summed E-state index contributed by atoms with van der Waals surface area (Å²) in [6.07, 6.45) is 2.74. The summed E-state index contributed by atoms with van der Waals surface area (Å²) in [5.74, 6) is -2.98. The number of benzene rings is 1. The summed E-state index contributed by atoms with van der Waals surface area (Å²) in [5.41, 5.74) is 2.51. The summed E-state index contributed by atoms with van der Waals surface area (Å²) < 4.78 is 37.9. The zero-order valence-electron chi connectivity index (χ0n) is 18.6. The molecule has 0 spiro atoms. The fourth-order valence-electron chi connectivity index (χ4n) is 3.12. The summed E-state index contributed by atoms with van der Waals surface area (Å²) in [5, 5.41) is 8.55. The van der Waals surface area contributed by atoms with Crippen LogP contribution in [0, 0.1) is 32.4 Å². The van der Waals surface area contributed by atoms with Crippen LogP contribution >= 0.6 is 0 Å². The van der Waals surface area contributed by atoms with E-state index in [0.29, 0.717) is 11.6 Å². The van der Waals surface area contributed by atoms with Crippen molar-refractivity contribution in [1.82, 2.24) is 15.0 Å². The van der Waals surface area contributed by atoms with Crippen molar-refractivity contribution < 1.29 is 32.4 Å². The molecular formula is C23H22F2N4O5. The fraction of sp³-hybridized carbons (Fsp3) is 0.217. The van der Waals surface area contributed by atoms with Crippen molar-refractivity contribution in [3.05, 3.63) is 70.8 Å². The van der Waals surface area contributed by atoms with Gasteiger partial charge in [0.15, 0.2) is 24.1 Å². The summed E-state index contributed by atoms with van der Waals surface area (Å²) >= 11 is 0. The first-order valence-electron chi connectivity index (χ1n) is 10.1. The van der Waals surface area contributed by atoms with Gasteiger partial charge in [-0.05, 0) is 50.6 Å². The maximum atomic E-state index is 13.2. The molecule has 0 aliphatic carbocycles. The Labute approximate surface area is 193 Å². The number of amides is 2. The van der Waals surface area contributed by atoms with Gasteiger partial charge in [-0.2, -0.15) is 0 Å². The molecule has 0 unspecified atom stereocenters. The van der Waals surface area contributed by atoms with Crippen LogP contribution in [0.3, 0.4) is 0 Å². The maximum absolute atomic E-state index is 13.2. The van der Waals surface area contributed by atoms with Crippen LogP contribution in [-0.4, -0.2) is 40.7 Å². The van der Waals surface area contributed by atoms with Gasteiger partial charge in [-0.15, -0.1) is 0 Å². The molecule has 9 nitrogen and oxygen atoms in total. The minimum absolute atomic E-state index is 0.0350. The number of rotatable bonds is 8. The van der Waals surface area contributed by atoms with E-state index >= 15 is 0 Å². The highest BCUT2D eigenvalue weighted by atomic mass is 19.2. The van der Waals surface area contributed by atoms with Gasteiger partial charge in [-0.25, -0.2) is 13.6 Å². The van der Waals surface area contributed by atoms with E-state index < -0.39 is 42.6 Å². The van der Waals surface area contributed by atoms with Crippen molar-refractivity contribution in [2.24, 2.45) is 0 Å². The summed E-state index contributed by atoms with van der Waals surface area (Å²) in [4.78, 5) is 35.6. The molecule has 34 heavy (non-hydrogen) atoms. The van der Waals surface area contributed by atoms with Crippen molar-refractivity contribution in [2.45, 2.75) is 20.8 Å². The predicted octanol–water partition coefficient (Wildman–Crippen LogP) is 2.98. The lowest BCUT2D eigenvalue weighted by molar-refractivity contribution is -0.143. The fourth-order valence-corrected chi connectivity index (χ4v) is 3.12. The summed E-state index contributed by atoms with van der Waals surface area (Å²) in [6.45, 7) is 4.49. The summed E-state index contributed by atoms with van der Waals surface area (Å²) in [6, 6.07) is 6.51. The first-order valence-corrected chi connectivity index (χ1v) is 10.1. The van der Waals surface area contributed by atoms with E-state index in [9.17, 15) is 23.2 Å². The predicted molar refractivity (Wildman–Crippen MR) is 118 cm³/mol. The van der Waals surface area contributed by atoms with Gasteiger partial charge in [0.1, 0.15) is 5.76 Å². The second kappa shape index (κ2) is 10.6. The second-order valence-electron chi connectivity index (χ2n) is 7.35. The Bertz CT molecular complexity index is 1260. The van der Waals surface area contributed by atoms with Gasteiger partial charge < -0.3 is 19.9 Å². The zero-order valence-corrected chi connectivity index (χ0v) is 18.6. The molecule has 0 saturated heterocycles. The van der Waals surface area contributed by atoms with Crippen LogP contribution in [-0.2, 0) is 19.1 Å². The van der Waals surface area contributed by atoms with Gasteiger partial charge in [0.05, 0.1) is 6.54 Å². The Morgan fingerprint density at radius 1 is 1.09 bits per heavy atom. The number of nitrogens with zero attached hydrogens (tertiary/aromatic N) is 2. The Morgan fingerprint density at radius 3 is 2.53 bits per heavy atom. The van der Waals surface area contributed by atoms with Gasteiger partial charge in [0.25, 0.3) is 5.91 Å². The minimum atomic E-state index is -1.11. The number of carbonyl (C=O) groups is 3. The summed E-state index contributed by atoms with van der Waals surface area (Å²) in [7, 11) is 0. The van der Waals surface area contributed by atoms with E-state index in [1.54, 1.807) is 19.1 Å². The van der Waals surface area contributed by atoms with Gasteiger partial charge >= 0.3 is 5.97 Å². The molecule has 11 heteroatoms. The average molecular weight is 472 g/mol. The number of carbonyl (C=O) groups excluding carboxylic acids is 3. The van der Waals surface area contributed by atoms with Crippen LogP contribution in [0.4, 0.5) is 14.5 Å². The van der Waals surface area contributed by atoms with E-state index in [1.165, 1.54) is 12.1 Å². The molecule has 178 valence electrons. The van der Waals surface area contributed by atoms with Crippen molar-refractivity contribution in [1.29, 1.82) is 0 Å². The molecule has 0 saturated carbocycles. The number of hydrogen-bond acceptors (Lipinski definition) is 6. The van der Waals surface area contributed by atoms with E-state index in [1.807, 2.05) is 24.5 Å². The van der Waals surface area contributed by atoms with Crippen LogP contribution in [0.15, 0.2) is 40.9 Å². The van der Waals surface area contributed by atoms with Crippen molar-refractivity contribution >= 4 is 29.5 Å². The molecule has 1 aromatic carbocycles. The monoisotopic (exact) mass is 472 g/mol. The molecule has 3 rings (SSSR count). The molecule has 0 aliphatic rings. The van der Waals surface area contributed by atoms with Gasteiger partial charge in [0.2, 0.25) is 5.91 Å². The Kier molecular flexibility index (Phi) is 7.57. The van der Waals surface area contributed by atoms with Crippen molar-refractivity contribution in [2.75, 3.05) is 18.5 Å². The number of halogens is 2. The lowest BCUT2D eigenvalue weighted by Gasteiger charge is -2.07. The van der Waals surface area contributed by atoms with Gasteiger partial charge in [-0.1, -0.05) is 5.16 Å². The molecule has 0 fully saturated rings. The molecule has 0 aliphatic heterocycles. The van der Waals surface area contributed by atoms with Crippen LogP contribution in [0.2, 0.25) is 0 Å². The minimum Gasteiger partial charge on any atom is -0.452 e. The molecule has 0 atom stereocenters. The maximum Gasteiger partial charge on any atom is 0.331 e. The quantitative estimate of drug-likeness (QED) is 0.385. The molecule has 0 bridgehead atoms. The first kappa shape index (κ1) is 24.4. The molecule has 2 heterocycles. The number of aromatic nitrogens is 2. The number of aryl methyl sites for hydroxylation is 2. The second-order valence-corrected chi connectivity index (χ2v) is 7.35. The third-order valence-corrected chi connectivity index (χ3v) is 4.71. The highest BCUT2D eigenvalue weighted by Gasteiger charge is 2.13. The van der Waals surface area contributed by atoms with Crippen LogP contribution in [0.25, 0.3) is 11.9 Å². The lowest BCUT2D eigenvalue weighted by atomic mass is 10.2. The van der Waals surface area contributed by atoms with Crippen LogP contribution in [0.1, 0.15) is 22.7 Å². The van der Waals surface area contributed by atoms with Crippen molar-refractivity contribution in [3.63, 3.8) is 0 Å². The number of anilines is 1. The number of hydrogen-bond donors (Lipinski definition) is 2. The molecule has 2 N–H and O–H groups in total. The largest absolute Gasteiger partial charge is 0.452 e. The molecule has 2 aromatic heterocycles. The van der Waals surface area contributed by atoms with Gasteiger partial charge in [0, 0.05) is 35.3 Å². The van der Waals surface area contributed by atoms with Gasteiger partial charge in [-0.3, -0.25) is 14.2 Å². The van der Waals surface area contributed by atoms with E-state index in [2.05, 4.69) is 15.8 Å². The Morgan fingerprint density at radius 2 is 1.85 bits per heavy atom. The lowest BCUT2D eigenvalue weighted by Crippen LogP contribution is -2.35. The highest BCUT2D eigenvalue weighted by molar-refractivity contribution is 5.95. The number of esters is 1. The standard InChI is InChI=1S/C23H22F2N4O5/c1-13-8-16(15(3)29(13)20-9-14(2)34-28-20)4-7-23(32)33-12-22(31)26-11-21(30)27-17-5-6-18(24)19(25)10-17/h4-10H,11-12H2,1-3H3,(H,26,31)(H,27,30)/b7-4+. The SMILES string of the molecule is Cc1cc(-n2c(C)cc(/C=C/C(=O)OCC(=O)NCC(=O)Nc3ccc(F)c(F)c3)c2C)no1. The van der Waals surface area contributed by atoms with E-state index in [-0.39, 0.29) is 5.69 Å². The average Bonchev–Trinajstić information content (AvgIpc) is 3.33. The molecular weight excluding hydrogens is 450 g/mol. The topological polar surface area (TPSA) is 115 Å². The third kappa shape index (κ3) is 6.15. The smallest absolute Gasteiger partial charge is 0.331 e. The van der Waals surface area contributed by atoms with Crippen molar-refractivity contribution in [3.8, 4) is 5.82 Å². The number of ether oxygens (including phenoxy) is 1.